The van der Waals surface area contributed by atoms with Crippen molar-refractivity contribution in [1.29, 1.82) is 0 Å². The molecule has 1 aromatic heterocycles. The summed E-state index contributed by atoms with van der Waals surface area (Å²) in [7, 11) is 0. The monoisotopic (exact) mass is 317 g/mol. The molecule has 1 amide bonds. The maximum atomic E-state index is 13.7. The van der Waals surface area contributed by atoms with E-state index < -0.39 is 5.82 Å². The van der Waals surface area contributed by atoms with Crippen molar-refractivity contribution in [2.45, 2.75) is 13.5 Å². The molecule has 0 saturated carbocycles. The molecule has 6 heteroatoms. The molecule has 0 aliphatic heterocycles. The van der Waals surface area contributed by atoms with Crippen molar-refractivity contribution in [3.8, 4) is 0 Å². The van der Waals surface area contributed by atoms with Crippen molar-refractivity contribution < 1.29 is 9.18 Å². The number of nitrogens with zero attached hydrogens (tertiary/aromatic N) is 1. The summed E-state index contributed by atoms with van der Waals surface area (Å²) in [5.41, 5.74) is 2.33. The molecule has 3 aromatic rings. The van der Waals surface area contributed by atoms with Crippen LogP contribution in [0.5, 0.6) is 0 Å². The Kier molecular flexibility index (Phi) is 3.81. The van der Waals surface area contributed by atoms with E-state index in [-0.39, 0.29) is 18.0 Å². The lowest BCUT2D eigenvalue weighted by molar-refractivity contribution is 0.0950. The SMILES string of the molecule is Cc1nc2ccc(C(=O)NCc3c(F)cccc3Cl)cc2[nH]1. The molecule has 0 aliphatic rings. The number of aromatic nitrogens is 2. The van der Waals surface area contributed by atoms with Crippen molar-refractivity contribution >= 4 is 28.5 Å². The van der Waals surface area contributed by atoms with E-state index in [0.29, 0.717) is 10.6 Å². The molecule has 1 heterocycles. The summed E-state index contributed by atoms with van der Waals surface area (Å²) in [4.78, 5) is 19.5. The van der Waals surface area contributed by atoms with E-state index in [2.05, 4.69) is 15.3 Å². The molecule has 0 fully saturated rings. The van der Waals surface area contributed by atoms with Gasteiger partial charge in [0.2, 0.25) is 0 Å². The first kappa shape index (κ1) is 14.5. The maximum absolute atomic E-state index is 13.7. The lowest BCUT2D eigenvalue weighted by Crippen LogP contribution is -2.23. The molecule has 112 valence electrons. The minimum Gasteiger partial charge on any atom is -0.348 e. The van der Waals surface area contributed by atoms with Crippen molar-refractivity contribution in [3.05, 3.63) is 64.2 Å². The molecule has 0 atom stereocenters. The van der Waals surface area contributed by atoms with Crippen LogP contribution < -0.4 is 5.32 Å². The van der Waals surface area contributed by atoms with Gasteiger partial charge in [-0.3, -0.25) is 4.79 Å². The summed E-state index contributed by atoms with van der Waals surface area (Å²) in [5.74, 6) is 0.0478. The number of benzene rings is 2. The number of nitrogens with one attached hydrogen (secondary N) is 2. The van der Waals surface area contributed by atoms with Gasteiger partial charge in [0.1, 0.15) is 11.6 Å². The van der Waals surface area contributed by atoms with Crippen LogP contribution in [0.4, 0.5) is 4.39 Å². The standard InChI is InChI=1S/C16H13ClFN3O/c1-9-20-14-6-5-10(7-15(14)21-9)16(22)19-8-11-12(17)3-2-4-13(11)18/h2-7H,8H2,1H3,(H,19,22)(H,20,21). The Balaban J connectivity index is 1.78. The molecule has 2 N–H and O–H groups in total. The molecular weight excluding hydrogens is 305 g/mol. The Morgan fingerprint density at radius 2 is 2.18 bits per heavy atom. The van der Waals surface area contributed by atoms with E-state index in [9.17, 15) is 9.18 Å². The molecule has 2 aromatic carbocycles. The number of amides is 1. The van der Waals surface area contributed by atoms with Crippen molar-refractivity contribution in [2.75, 3.05) is 0 Å². The normalized spacial score (nSPS) is 10.9. The zero-order valence-corrected chi connectivity index (χ0v) is 12.5. The molecular formula is C16H13ClFN3O. The van der Waals surface area contributed by atoms with Gasteiger partial charge < -0.3 is 10.3 Å². The number of hydrogen-bond donors (Lipinski definition) is 2. The Bertz CT molecular complexity index is 839. The molecule has 0 radical (unpaired) electrons. The summed E-state index contributed by atoms with van der Waals surface area (Å²) >= 11 is 5.94. The number of aryl methyl sites for hydroxylation is 1. The average molecular weight is 318 g/mol. The van der Waals surface area contributed by atoms with Crippen LogP contribution in [0.2, 0.25) is 5.02 Å². The summed E-state index contributed by atoms with van der Waals surface area (Å²) in [6, 6.07) is 9.59. The first-order valence-electron chi connectivity index (χ1n) is 6.72. The fraction of sp³-hybridized carbons (Fsp3) is 0.125. The Labute approximate surface area is 131 Å². The highest BCUT2D eigenvalue weighted by molar-refractivity contribution is 6.31. The van der Waals surface area contributed by atoms with E-state index in [4.69, 9.17) is 11.6 Å². The summed E-state index contributed by atoms with van der Waals surface area (Å²) in [5, 5.41) is 2.96. The van der Waals surface area contributed by atoms with Gasteiger partial charge in [-0.25, -0.2) is 9.37 Å². The number of carbonyl (C=O) groups is 1. The van der Waals surface area contributed by atoms with E-state index in [0.717, 1.165) is 16.9 Å². The van der Waals surface area contributed by atoms with Gasteiger partial charge in [0.15, 0.2) is 0 Å². The first-order chi connectivity index (χ1) is 10.5. The van der Waals surface area contributed by atoms with Crippen molar-refractivity contribution in [1.82, 2.24) is 15.3 Å². The van der Waals surface area contributed by atoms with Gasteiger partial charge in [0, 0.05) is 22.7 Å². The molecule has 22 heavy (non-hydrogen) atoms. The fourth-order valence-electron chi connectivity index (χ4n) is 2.25. The third kappa shape index (κ3) is 2.80. The summed E-state index contributed by atoms with van der Waals surface area (Å²) in [6.45, 7) is 1.88. The fourth-order valence-corrected chi connectivity index (χ4v) is 2.48. The van der Waals surface area contributed by atoms with Gasteiger partial charge in [-0.05, 0) is 37.3 Å². The number of H-pyrrole nitrogens is 1. The van der Waals surface area contributed by atoms with Gasteiger partial charge >= 0.3 is 0 Å². The summed E-state index contributed by atoms with van der Waals surface area (Å²) < 4.78 is 13.7. The zero-order valence-electron chi connectivity index (χ0n) is 11.8. The lowest BCUT2D eigenvalue weighted by Gasteiger charge is -2.08. The number of fused-ring (bicyclic) bond motifs is 1. The smallest absolute Gasteiger partial charge is 0.251 e. The van der Waals surface area contributed by atoms with Crippen LogP contribution in [0.15, 0.2) is 36.4 Å². The Hall–Kier alpha value is -2.40. The zero-order chi connectivity index (χ0) is 15.7. The Morgan fingerprint density at radius 3 is 2.95 bits per heavy atom. The van der Waals surface area contributed by atoms with Gasteiger partial charge in [-0.15, -0.1) is 0 Å². The molecule has 0 spiro atoms. The second kappa shape index (κ2) is 5.77. The summed E-state index contributed by atoms with van der Waals surface area (Å²) in [6.07, 6.45) is 0. The van der Waals surface area contributed by atoms with Gasteiger partial charge in [-0.1, -0.05) is 17.7 Å². The third-order valence-corrected chi connectivity index (χ3v) is 3.70. The van der Waals surface area contributed by atoms with E-state index >= 15 is 0 Å². The third-order valence-electron chi connectivity index (χ3n) is 3.35. The highest BCUT2D eigenvalue weighted by Gasteiger charge is 2.11. The van der Waals surface area contributed by atoms with Crippen molar-refractivity contribution in [3.63, 3.8) is 0 Å². The highest BCUT2D eigenvalue weighted by Crippen LogP contribution is 2.19. The van der Waals surface area contributed by atoms with Crippen molar-refractivity contribution in [2.24, 2.45) is 0 Å². The van der Waals surface area contributed by atoms with Gasteiger partial charge in [-0.2, -0.15) is 0 Å². The predicted molar refractivity (Wildman–Crippen MR) is 83.4 cm³/mol. The average Bonchev–Trinajstić information content (AvgIpc) is 2.85. The molecule has 0 bridgehead atoms. The van der Waals surface area contributed by atoms with Crippen LogP contribution in [0.25, 0.3) is 11.0 Å². The number of carbonyl (C=O) groups excluding carboxylic acids is 1. The number of aromatic amines is 1. The van der Waals surface area contributed by atoms with Crippen LogP contribution in [0.3, 0.4) is 0 Å². The number of imidazole rings is 1. The molecule has 4 nitrogen and oxygen atoms in total. The second-order valence-corrected chi connectivity index (χ2v) is 5.34. The predicted octanol–water partition coefficient (Wildman–Crippen LogP) is 3.59. The number of rotatable bonds is 3. The molecule has 0 saturated heterocycles. The van der Waals surface area contributed by atoms with Gasteiger partial charge in [0.25, 0.3) is 5.91 Å². The van der Waals surface area contributed by atoms with Gasteiger partial charge in [0.05, 0.1) is 11.0 Å². The largest absolute Gasteiger partial charge is 0.348 e. The first-order valence-corrected chi connectivity index (χ1v) is 7.10. The van der Waals surface area contributed by atoms with Crippen LogP contribution in [0, 0.1) is 12.7 Å². The highest BCUT2D eigenvalue weighted by atomic mass is 35.5. The van der Waals surface area contributed by atoms with Crippen LogP contribution in [-0.4, -0.2) is 15.9 Å². The number of hydrogen-bond acceptors (Lipinski definition) is 2. The number of halogens is 2. The van der Waals surface area contributed by atoms with E-state index in [1.807, 2.05) is 6.92 Å². The molecule has 3 rings (SSSR count). The quantitative estimate of drug-likeness (QED) is 0.775. The molecule has 0 unspecified atom stereocenters. The molecule has 0 aliphatic carbocycles. The van der Waals surface area contributed by atoms with E-state index in [1.54, 1.807) is 24.3 Å². The van der Waals surface area contributed by atoms with Crippen LogP contribution in [-0.2, 0) is 6.54 Å². The minimum absolute atomic E-state index is 0.0321. The topological polar surface area (TPSA) is 57.8 Å². The minimum atomic E-state index is -0.438. The van der Waals surface area contributed by atoms with Crippen LogP contribution in [0.1, 0.15) is 21.7 Å². The van der Waals surface area contributed by atoms with Crippen LogP contribution >= 0.6 is 11.6 Å². The maximum Gasteiger partial charge on any atom is 0.251 e. The van der Waals surface area contributed by atoms with E-state index in [1.165, 1.54) is 12.1 Å². The lowest BCUT2D eigenvalue weighted by atomic mass is 10.1. The second-order valence-electron chi connectivity index (χ2n) is 4.94. The Morgan fingerprint density at radius 1 is 1.36 bits per heavy atom.